The SMILES string of the molecule is CCS(=O)(=O)CCNC(=O)C1CCC(C)NC1. The number of hydrogen-bond acceptors (Lipinski definition) is 4. The van der Waals surface area contributed by atoms with Gasteiger partial charge in [0.05, 0.1) is 11.7 Å². The molecule has 1 aliphatic heterocycles. The molecule has 1 amide bonds. The lowest BCUT2D eigenvalue weighted by atomic mass is 9.95. The molecule has 0 aromatic carbocycles. The third-order valence-corrected chi connectivity index (χ3v) is 4.89. The summed E-state index contributed by atoms with van der Waals surface area (Å²) in [6, 6.07) is 0.472. The van der Waals surface area contributed by atoms with Crippen molar-refractivity contribution in [1.29, 1.82) is 0 Å². The van der Waals surface area contributed by atoms with Crippen LogP contribution >= 0.6 is 0 Å². The normalized spacial score (nSPS) is 25.5. The lowest BCUT2D eigenvalue weighted by Crippen LogP contribution is -2.44. The lowest BCUT2D eigenvalue weighted by Gasteiger charge is -2.26. The van der Waals surface area contributed by atoms with Gasteiger partial charge in [-0.25, -0.2) is 8.42 Å². The summed E-state index contributed by atoms with van der Waals surface area (Å²) in [5, 5.41) is 5.95. The highest BCUT2D eigenvalue weighted by Gasteiger charge is 2.23. The highest BCUT2D eigenvalue weighted by Crippen LogP contribution is 2.13. The van der Waals surface area contributed by atoms with Gasteiger partial charge in [-0.3, -0.25) is 4.79 Å². The molecular weight excluding hydrogens is 240 g/mol. The predicted octanol–water partition coefficient (Wildman–Crippen LogP) is -0.0746. The van der Waals surface area contributed by atoms with E-state index in [0.717, 1.165) is 12.8 Å². The van der Waals surface area contributed by atoms with Crippen LogP contribution in [0.1, 0.15) is 26.7 Å². The molecular formula is C11H22N2O3S. The molecule has 0 radical (unpaired) electrons. The molecule has 0 bridgehead atoms. The molecule has 1 rings (SSSR count). The van der Waals surface area contributed by atoms with Gasteiger partial charge >= 0.3 is 0 Å². The first-order chi connectivity index (χ1) is 7.94. The molecule has 1 saturated heterocycles. The molecule has 0 aromatic heterocycles. The Balaban J connectivity index is 2.26. The summed E-state index contributed by atoms with van der Waals surface area (Å²) < 4.78 is 22.5. The summed E-state index contributed by atoms with van der Waals surface area (Å²) in [7, 11) is -2.99. The van der Waals surface area contributed by atoms with Gasteiger partial charge in [0.1, 0.15) is 0 Å². The maximum absolute atomic E-state index is 11.7. The minimum atomic E-state index is -2.99. The molecule has 0 saturated carbocycles. The van der Waals surface area contributed by atoms with Gasteiger partial charge in [0.25, 0.3) is 0 Å². The number of carbonyl (C=O) groups excluding carboxylic acids is 1. The number of piperidine rings is 1. The number of nitrogens with one attached hydrogen (secondary N) is 2. The van der Waals surface area contributed by atoms with Crippen molar-refractivity contribution in [2.45, 2.75) is 32.7 Å². The van der Waals surface area contributed by atoms with Crippen molar-refractivity contribution in [2.24, 2.45) is 5.92 Å². The molecule has 1 fully saturated rings. The molecule has 1 heterocycles. The Kier molecular flexibility index (Phi) is 5.39. The van der Waals surface area contributed by atoms with Crippen LogP contribution in [0.15, 0.2) is 0 Å². The Bertz CT molecular complexity index is 346. The van der Waals surface area contributed by atoms with Crippen LogP contribution in [0.4, 0.5) is 0 Å². The van der Waals surface area contributed by atoms with Gasteiger partial charge in [-0.15, -0.1) is 0 Å². The number of carbonyl (C=O) groups is 1. The van der Waals surface area contributed by atoms with E-state index in [4.69, 9.17) is 0 Å². The van der Waals surface area contributed by atoms with Crippen LogP contribution in [-0.4, -0.2) is 45.0 Å². The van der Waals surface area contributed by atoms with Crippen molar-refractivity contribution in [3.63, 3.8) is 0 Å². The monoisotopic (exact) mass is 262 g/mol. The fourth-order valence-corrected chi connectivity index (χ4v) is 2.54. The van der Waals surface area contributed by atoms with E-state index in [2.05, 4.69) is 17.6 Å². The van der Waals surface area contributed by atoms with Crippen molar-refractivity contribution < 1.29 is 13.2 Å². The Morgan fingerprint density at radius 2 is 2.12 bits per heavy atom. The summed E-state index contributed by atoms with van der Waals surface area (Å²) in [6.07, 6.45) is 1.87. The van der Waals surface area contributed by atoms with Crippen LogP contribution < -0.4 is 10.6 Å². The summed E-state index contributed by atoms with van der Waals surface area (Å²) in [5.74, 6) is 0.114. The highest BCUT2D eigenvalue weighted by atomic mass is 32.2. The quantitative estimate of drug-likeness (QED) is 0.727. The van der Waals surface area contributed by atoms with E-state index in [9.17, 15) is 13.2 Å². The third-order valence-electron chi connectivity index (χ3n) is 3.18. The van der Waals surface area contributed by atoms with Gasteiger partial charge < -0.3 is 10.6 Å². The predicted molar refractivity (Wildman–Crippen MR) is 67.5 cm³/mol. The van der Waals surface area contributed by atoms with E-state index in [1.54, 1.807) is 6.92 Å². The van der Waals surface area contributed by atoms with Crippen LogP contribution in [0.5, 0.6) is 0 Å². The number of rotatable bonds is 5. The van der Waals surface area contributed by atoms with Crippen molar-refractivity contribution >= 4 is 15.7 Å². The van der Waals surface area contributed by atoms with Gasteiger partial charge in [-0.2, -0.15) is 0 Å². The first-order valence-electron chi connectivity index (χ1n) is 6.16. The topological polar surface area (TPSA) is 75.3 Å². The fourth-order valence-electron chi connectivity index (χ4n) is 1.84. The lowest BCUT2D eigenvalue weighted by molar-refractivity contribution is -0.125. The summed E-state index contributed by atoms with van der Waals surface area (Å²) in [5.41, 5.74) is 0. The van der Waals surface area contributed by atoms with Crippen LogP contribution in [0.25, 0.3) is 0 Å². The zero-order valence-corrected chi connectivity index (χ0v) is 11.3. The molecule has 2 unspecified atom stereocenters. The Morgan fingerprint density at radius 3 is 2.65 bits per heavy atom. The summed E-state index contributed by atoms with van der Waals surface area (Å²) in [4.78, 5) is 11.7. The van der Waals surface area contributed by atoms with E-state index in [1.807, 2.05) is 0 Å². The zero-order chi connectivity index (χ0) is 12.9. The number of sulfone groups is 1. The standard InChI is InChI=1S/C11H22N2O3S/c1-3-17(15,16)7-6-12-11(14)10-5-4-9(2)13-8-10/h9-10,13H,3-8H2,1-2H3,(H,12,14). The summed E-state index contributed by atoms with van der Waals surface area (Å²) >= 11 is 0. The minimum Gasteiger partial charge on any atom is -0.355 e. The average molecular weight is 262 g/mol. The van der Waals surface area contributed by atoms with E-state index in [1.165, 1.54) is 0 Å². The van der Waals surface area contributed by atoms with E-state index in [0.29, 0.717) is 12.6 Å². The van der Waals surface area contributed by atoms with Gasteiger partial charge in [0.2, 0.25) is 5.91 Å². The molecule has 5 nitrogen and oxygen atoms in total. The maximum atomic E-state index is 11.7. The molecule has 2 atom stereocenters. The zero-order valence-electron chi connectivity index (χ0n) is 10.5. The van der Waals surface area contributed by atoms with E-state index >= 15 is 0 Å². The van der Waals surface area contributed by atoms with Gasteiger partial charge in [0, 0.05) is 24.9 Å². The van der Waals surface area contributed by atoms with Gasteiger partial charge in [-0.1, -0.05) is 6.92 Å². The van der Waals surface area contributed by atoms with Gasteiger partial charge in [-0.05, 0) is 19.8 Å². The Hall–Kier alpha value is -0.620. The highest BCUT2D eigenvalue weighted by molar-refractivity contribution is 7.91. The Labute approximate surface area is 103 Å². The van der Waals surface area contributed by atoms with Crippen molar-refractivity contribution in [1.82, 2.24) is 10.6 Å². The minimum absolute atomic E-state index is 0.0180. The molecule has 0 spiro atoms. The van der Waals surface area contributed by atoms with Gasteiger partial charge in [0.15, 0.2) is 9.84 Å². The second-order valence-electron chi connectivity index (χ2n) is 4.61. The maximum Gasteiger partial charge on any atom is 0.224 e. The molecule has 0 aliphatic carbocycles. The number of amides is 1. The molecule has 6 heteroatoms. The second-order valence-corrected chi connectivity index (χ2v) is 7.08. The molecule has 17 heavy (non-hydrogen) atoms. The van der Waals surface area contributed by atoms with Crippen molar-refractivity contribution in [3.05, 3.63) is 0 Å². The molecule has 0 aromatic rings. The third kappa shape index (κ3) is 5.04. The van der Waals surface area contributed by atoms with E-state index < -0.39 is 9.84 Å². The van der Waals surface area contributed by atoms with Crippen LogP contribution in [0, 0.1) is 5.92 Å². The van der Waals surface area contributed by atoms with Crippen molar-refractivity contribution in [2.75, 3.05) is 24.6 Å². The fraction of sp³-hybridized carbons (Fsp3) is 0.909. The molecule has 2 N–H and O–H groups in total. The summed E-state index contributed by atoms with van der Waals surface area (Å²) in [6.45, 7) is 4.63. The molecule has 1 aliphatic rings. The average Bonchev–Trinajstić information content (AvgIpc) is 2.29. The molecule has 100 valence electrons. The Morgan fingerprint density at radius 1 is 1.41 bits per heavy atom. The van der Waals surface area contributed by atoms with Crippen LogP contribution in [0.3, 0.4) is 0 Å². The van der Waals surface area contributed by atoms with Crippen LogP contribution in [0.2, 0.25) is 0 Å². The largest absolute Gasteiger partial charge is 0.355 e. The number of hydrogen-bond donors (Lipinski definition) is 2. The van der Waals surface area contributed by atoms with Crippen LogP contribution in [-0.2, 0) is 14.6 Å². The first kappa shape index (κ1) is 14.4. The van der Waals surface area contributed by atoms with Crippen molar-refractivity contribution in [3.8, 4) is 0 Å². The van der Waals surface area contributed by atoms with E-state index in [-0.39, 0.29) is 29.9 Å². The second kappa shape index (κ2) is 6.35. The smallest absolute Gasteiger partial charge is 0.224 e. The first-order valence-corrected chi connectivity index (χ1v) is 7.98.